The molecule has 3 rings (SSSR count). The highest BCUT2D eigenvalue weighted by Gasteiger charge is 2.18. The summed E-state index contributed by atoms with van der Waals surface area (Å²) in [5.74, 6) is 0. The van der Waals surface area contributed by atoms with Crippen molar-refractivity contribution < 1.29 is 4.92 Å². The Kier molecular flexibility index (Phi) is 3.43. The van der Waals surface area contributed by atoms with Gasteiger partial charge >= 0.3 is 0 Å². The van der Waals surface area contributed by atoms with Crippen LogP contribution >= 0.6 is 22.9 Å². The Labute approximate surface area is 129 Å². The average molecular weight is 322 g/mol. The molecule has 1 aromatic carbocycles. The normalized spacial score (nSPS) is 11.4. The number of hydrogen-bond donors (Lipinski definition) is 0. The van der Waals surface area contributed by atoms with E-state index in [1.165, 1.54) is 17.4 Å². The van der Waals surface area contributed by atoms with E-state index in [0.717, 1.165) is 21.5 Å². The minimum Gasteiger partial charge on any atom is -0.262 e. The molecule has 0 bridgehead atoms. The molecule has 0 saturated carbocycles. The van der Waals surface area contributed by atoms with Gasteiger partial charge in [0.15, 0.2) is 0 Å². The zero-order valence-corrected chi connectivity index (χ0v) is 13.0. The van der Waals surface area contributed by atoms with Crippen LogP contribution in [0.1, 0.15) is 19.9 Å². The van der Waals surface area contributed by atoms with Crippen LogP contribution in [0, 0.1) is 10.1 Å². The van der Waals surface area contributed by atoms with Gasteiger partial charge in [0.25, 0.3) is 5.69 Å². The van der Waals surface area contributed by atoms with Gasteiger partial charge < -0.3 is 0 Å². The summed E-state index contributed by atoms with van der Waals surface area (Å²) in [4.78, 5) is 11.5. The number of fused-ring (bicyclic) bond motifs is 1. The van der Waals surface area contributed by atoms with Crippen molar-refractivity contribution in [2.75, 3.05) is 0 Å². The molecule has 2 heterocycles. The lowest BCUT2D eigenvalue weighted by Crippen LogP contribution is -2.02. The predicted molar refractivity (Wildman–Crippen MR) is 85.1 cm³/mol. The van der Waals surface area contributed by atoms with Crippen LogP contribution in [0.2, 0.25) is 4.34 Å². The van der Waals surface area contributed by atoms with Crippen LogP contribution in [0.25, 0.3) is 21.5 Å². The second kappa shape index (κ2) is 5.13. The van der Waals surface area contributed by atoms with Crippen molar-refractivity contribution in [3.05, 3.63) is 44.8 Å². The second-order valence-corrected chi connectivity index (χ2v) is 6.66. The lowest BCUT2D eigenvalue weighted by molar-refractivity contribution is -0.384. The first-order valence-electron chi connectivity index (χ1n) is 6.39. The van der Waals surface area contributed by atoms with E-state index in [1.54, 1.807) is 18.2 Å². The van der Waals surface area contributed by atoms with Crippen molar-refractivity contribution in [1.82, 2.24) is 9.78 Å². The van der Waals surface area contributed by atoms with Crippen molar-refractivity contribution in [2.45, 2.75) is 19.9 Å². The molecule has 0 atom stereocenters. The molecule has 0 spiro atoms. The zero-order chi connectivity index (χ0) is 15.1. The van der Waals surface area contributed by atoms with Gasteiger partial charge in [-0.1, -0.05) is 11.6 Å². The number of nitro benzene ring substituents is 1. The maximum Gasteiger partial charge on any atom is 0.270 e. The number of hydrogen-bond acceptors (Lipinski definition) is 4. The van der Waals surface area contributed by atoms with E-state index in [2.05, 4.69) is 5.10 Å². The van der Waals surface area contributed by atoms with Crippen molar-refractivity contribution in [3.63, 3.8) is 0 Å². The highest BCUT2D eigenvalue weighted by atomic mass is 35.5. The Morgan fingerprint density at radius 2 is 2.10 bits per heavy atom. The third-order valence-corrected chi connectivity index (χ3v) is 4.43. The molecule has 0 N–H and O–H groups in total. The molecule has 0 amide bonds. The fourth-order valence-electron chi connectivity index (χ4n) is 2.26. The average Bonchev–Trinajstić information content (AvgIpc) is 3.01. The quantitative estimate of drug-likeness (QED) is 0.508. The first-order valence-corrected chi connectivity index (χ1v) is 7.59. The largest absolute Gasteiger partial charge is 0.270 e. The minimum absolute atomic E-state index is 0.0645. The second-order valence-electron chi connectivity index (χ2n) is 4.95. The standard InChI is InChI=1S/C14H12ClN3O2S/c1-8(2)17-11-4-3-9(18(19)20)7-10(11)14(16-17)12-5-6-13(15)21-12/h3-8H,1-2H3. The Bertz CT molecular complexity index is 838. The van der Waals surface area contributed by atoms with Gasteiger partial charge in [0, 0.05) is 23.6 Å². The molecule has 2 aromatic heterocycles. The monoisotopic (exact) mass is 321 g/mol. The summed E-state index contributed by atoms with van der Waals surface area (Å²) in [6.45, 7) is 4.05. The molecule has 0 aliphatic rings. The van der Waals surface area contributed by atoms with Crippen LogP contribution in [0.15, 0.2) is 30.3 Å². The molecule has 0 unspecified atom stereocenters. The molecular weight excluding hydrogens is 310 g/mol. The van der Waals surface area contributed by atoms with Gasteiger partial charge in [0.1, 0.15) is 5.69 Å². The number of rotatable bonds is 3. The maximum absolute atomic E-state index is 11.0. The van der Waals surface area contributed by atoms with Crippen molar-refractivity contribution in [2.24, 2.45) is 0 Å². The van der Waals surface area contributed by atoms with Crippen molar-refractivity contribution in [1.29, 1.82) is 0 Å². The molecular formula is C14H12ClN3O2S. The summed E-state index contributed by atoms with van der Waals surface area (Å²) < 4.78 is 2.55. The lowest BCUT2D eigenvalue weighted by Gasteiger charge is -2.06. The lowest BCUT2D eigenvalue weighted by atomic mass is 10.1. The first kappa shape index (κ1) is 14.0. The SMILES string of the molecule is CC(C)n1nc(-c2ccc(Cl)s2)c2cc([N+](=O)[O-])ccc21. The molecule has 0 aliphatic carbocycles. The summed E-state index contributed by atoms with van der Waals surface area (Å²) in [7, 11) is 0. The van der Waals surface area contributed by atoms with Crippen LogP contribution < -0.4 is 0 Å². The van der Waals surface area contributed by atoms with E-state index >= 15 is 0 Å². The fourth-order valence-corrected chi connectivity index (χ4v) is 3.30. The molecule has 7 heteroatoms. The topological polar surface area (TPSA) is 61.0 Å². The van der Waals surface area contributed by atoms with Crippen LogP contribution in [0.4, 0.5) is 5.69 Å². The number of nitrogens with zero attached hydrogens (tertiary/aromatic N) is 3. The Hall–Kier alpha value is -1.92. The number of halogens is 1. The van der Waals surface area contributed by atoms with Crippen LogP contribution in [-0.2, 0) is 0 Å². The summed E-state index contributed by atoms with van der Waals surface area (Å²) >= 11 is 7.40. The number of non-ortho nitro benzene ring substituents is 1. The number of benzene rings is 1. The van der Waals surface area contributed by atoms with Crippen LogP contribution in [0.3, 0.4) is 0 Å². The fraction of sp³-hybridized carbons (Fsp3) is 0.214. The van der Waals surface area contributed by atoms with Gasteiger partial charge in [0.2, 0.25) is 0 Å². The molecule has 0 saturated heterocycles. The highest BCUT2D eigenvalue weighted by molar-refractivity contribution is 7.19. The third kappa shape index (κ3) is 2.41. The number of thiophene rings is 1. The third-order valence-electron chi connectivity index (χ3n) is 3.20. The Morgan fingerprint density at radius 3 is 2.67 bits per heavy atom. The van der Waals surface area contributed by atoms with E-state index in [1.807, 2.05) is 24.6 Å². The van der Waals surface area contributed by atoms with Gasteiger partial charge in [0.05, 0.1) is 19.7 Å². The van der Waals surface area contributed by atoms with E-state index in [-0.39, 0.29) is 11.7 Å². The van der Waals surface area contributed by atoms with Gasteiger partial charge in [-0.2, -0.15) is 5.10 Å². The summed E-state index contributed by atoms with van der Waals surface area (Å²) in [5, 5.41) is 16.4. The minimum atomic E-state index is -0.392. The molecule has 108 valence electrons. The van der Waals surface area contributed by atoms with E-state index in [4.69, 9.17) is 11.6 Å². The van der Waals surface area contributed by atoms with Gasteiger partial charge in [-0.15, -0.1) is 11.3 Å². The van der Waals surface area contributed by atoms with Crippen molar-refractivity contribution >= 4 is 39.5 Å². The first-order chi connectivity index (χ1) is 9.97. The van der Waals surface area contributed by atoms with Crippen LogP contribution in [-0.4, -0.2) is 14.7 Å². The summed E-state index contributed by atoms with van der Waals surface area (Å²) in [6, 6.07) is 8.69. The molecule has 21 heavy (non-hydrogen) atoms. The predicted octanol–water partition coefficient (Wildman–Crippen LogP) is 4.91. The zero-order valence-electron chi connectivity index (χ0n) is 11.4. The Balaban J connectivity index is 2.31. The van der Waals surface area contributed by atoms with Crippen LogP contribution in [0.5, 0.6) is 0 Å². The molecule has 3 aromatic rings. The van der Waals surface area contributed by atoms with E-state index in [9.17, 15) is 10.1 Å². The molecule has 5 nitrogen and oxygen atoms in total. The highest BCUT2D eigenvalue weighted by Crippen LogP contribution is 2.36. The molecule has 0 fully saturated rings. The maximum atomic E-state index is 11.0. The van der Waals surface area contributed by atoms with Gasteiger partial charge in [-0.05, 0) is 32.0 Å². The van der Waals surface area contributed by atoms with E-state index in [0.29, 0.717) is 4.34 Å². The van der Waals surface area contributed by atoms with E-state index < -0.39 is 4.92 Å². The number of aromatic nitrogens is 2. The summed E-state index contributed by atoms with van der Waals surface area (Å²) in [5.41, 5.74) is 1.68. The smallest absolute Gasteiger partial charge is 0.262 e. The summed E-state index contributed by atoms with van der Waals surface area (Å²) in [6.07, 6.45) is 0. The Morgan fingerprint density at radius 1 is 1.33 bits per heavy atom. The van der Waals surface area contributed by atoms with Crippen molar-refractivity contribution in [3.8, 4) is 10.6 Å². The molecule has 0 aliphatic heterocycles. The van der Waals surface area contributed by atoms with Gasteiger partial charge in [-0.25, -0.2) is 0 Å². The molecule has 0 radical (unpaired) electrons. The number of nitro groups is 1. The van der Waals surface area contributed by atoms with Gasteiger partial charge in [-0.3, -0.25) is 14.8 Å².